The first kappa shape index (κ1) is 13.6. The number of hydrogen-bond acceptors (Lipinski definition) is 4. The Morgan fingerprint density at radius 3 is 2.67 bits per heavy atom. The van der Waals surface area contributed by atoms with Gasteiger partial charge in [-0.3, -0.25) is 4.90 Å². The highest BCUT2D eigenvalue weighted by atomic mass is 16.5. The third kappa shape index (κ3) is 2.76. The molecule has 4 nitrogen and oxygen atoms in total. The number of ether oxygens (including phenoxy) is 1. The maximum Gasteiger partial charge on any atom is 0.0951 e. The Balaban J connectivity index is 2.17. The summed E-state index contributed by atoms with van der Waals surface area (Å²) in [7, 11) is 0. The summed E-state index contributed by atoms with van der Waals surface area (Å²) in [5, 5.41) is 3.58. The van der Waals surface area contributed by atoms with Crippen molar-refractivity contribution >= 4 is 0 Å². The molecule has 2 heterocycles. The quantitative estimate of drug-likeness (QED) is 0.870. The molecule has 1 fully saturated rings. The van der Waals surface area contributed by atoms with Crippen LogP contribution in [0.15, 0.2) is 23.0 Å². The van der Waals surface area contributed by atoms with Crippen LogP contribution in [0.25, 0.3) is 0 Å². The van der Waals surface area contributed by atoms with Gasteiger partial charge in [-0.15, -0.1) is 0 Å². The van der Waals surface area contributed by atoms with Crippen molar-refractivity contribution in [2.24, 2.45) is 0 Å². The molecule has 4 heteroatoms. The number of likely N-dealkylation sites (N-methyl/N-ethyl adjacent to an activating group) is 1. The van der Waals surface area contributed by atoms with E-state index in [1.807, 2.05) is 6.26 Å². The van der Waals surface area contributed by atoms with E-state index in [2.05, 4.69) is 37.1 Å². The molecular formula is C14H24N2O2. The van der Waals surface area contributed by atoms with Gasteiger partial charge in [0, 0.05) is 24.2 Å². The van der Waals surface area contributed by atoms with Crippen LogP contribution in [-0.4, -0.2) is 43.3 Å². The number of nitrogens with zero attached hydrogens (tertiary/aromatic N) is 1. The van der Waals surface area contributed by atoms with E-state index in [1.165, 1.54) is 5.56 Å². The van der Waals surface area contributed by atoms with Crippen molar-refractivity contribution in [1.82, 2.24) is 10.2 Å². The number of furan rings is 1. The number of rotatable bonds is 5. The van der Waals surface area contributed by atoms with E-state index < -0.39 is 0 Å². The van der Waals surface area contributed by atoms with E-state index in [9.17, 15) is 0 Å². The maximum atomic E-state index is 5.44. The third-order valence-corrected chi connectivity index (χ3v) is 3.82. The molecule has 1 N–H and O–H groups in total. The van der Waals surface area contributed by atoms with Crippen LogP contribution in [0.3, 0.4) is 0 Å². The fraction of sp³-hybridized carbons (Fsp3) is 0.714. The van der Waals surface area contributed by atoms with Crippen molar-refractivity contribution in [3.63, 3.8) is 0 Å². The molecule has 0 amide bonds. The average molecular weight is 252 g/mol. The Kier molecular flexibility index (Phi) is 4.43. The summed E-state index contributed by atoms with van der Waals surface area (Å²) in [6, 6.07) is 2.33. The predicted molar refractivity (Wildman–Crippen MR) is 71.6 cm³/mol. The molecule has 1 atom stereocenters. The molecule has 0 bridgehead atoms. The Labute approximate surface area is 109 Å². The molecule has 18 heavy (non-hydrogen) atoms. The monoisotopic (exact) mass is 252 g/mol. The minimum absolute atomic E-state index is 0.0453. The summed E-state index contributed by atoms with van der Waals surface area (Å²) in [5.41, 5.74) is 1.26. The van der Waals surface area contributed by atoms with Crippen LogP contribution in [0.5, 0.6) is 0 Å². The molecule has 0 aromatic carbocycles. The minimum Gasteiger partial charge on any atom is -0.472 e. The van der Waals surface area contributed by atoms with Gasteiger partial charge in [0.15, 0.2) is 0 Å². The van der Waals surface area contributed by atoms with E-state index in [-0.39, 0.29) is 11.6 Å². The van der Waals surface area contributed by atoms with Crippen molar-refractivity contribution in [3.05, 3.63) is 24.2 Å². The van der Waals surface area contributed by atoms with Crippen molar-refractivity contribution in [1.29, 1.82) is 0 Å². The molecular weight excluding hydrogens is 228 g/mol. The third-order valence-electron chi connectivity index (χ3n) is 3.82. The molecule has 1 aromatic rings. The molecule has 0 aliphatic carbocycles. The first-order valence-corrected chi connectivity index (χ1v) is 6.74. The molecule has 0 saturated carbocycles. The van der Waals surface area contributed by atoms with Gasteiger partial charge >= 0.3 is 0 Å². The van der Waals surface area contributed by atoms with Gasteiger partial charge < -0.3 is 14.5 Å². The molecule has 0 spiro atoms. The smallest absolute Gasteiger partial charge is 0.0951 e. The van der Waals surface area contributed by atoms with Gasteiger partial charge in [-0.1, -0.05) is 6.92 Å². The SMILES string of the molecule is CCNC(c1ccoc1)C(C)(C)N1CCOCC1. The Bertz CT molecular complexity index is 343. The fourth-order valence-corrected chi connectivity index (χ4v) is 2.74. The zero-order chi connectivity index (χ0) is 13.0. The van der Waals surface area contributed by atoms with Crippen LogP contribution in [-0.2, 0) is 4.74 Å². The molecule has 2 rings (SSSR count). The van der Waals surface area contributed by atoms with Crippen LogP contribution >= 0.6 is 0 Å². The second kappa shape index (κ2) is 5.87. The zero-order valence-corrected chi connectivity index (χ0v) is 11.6. The summed E-state index contributed by atoms with van der Waals surface area (Å²) in [6.45, 7) is 11.3. The van der Waals surface area contributed by atoms with E-state index in [4.69, 9.17) is 9.15 Å². The van der Waals surface area contributed by atoms with Gasteiger partial charge in [-0.25, -0.2) is 0 Å². The van der Waals surface area contributed by atoms with E-state index in [1.54, 1.807) is 6.26 Å². The summed E-state index contributed by atoms with van der Waals surface area (Å²) < 4.78 is 10.7. The van der Waals surface area contributed by atoms with Crippen molar-refractivity contribution < 1.29 is 9.15 Å². The summed E-state index contributed by atoms with van der Waals surface area (Å²) in [5.74, 6) is 0. The summed E-state index contributed by atoms with van der Waals surface area (Å²) in [6.07, 6.45) is 3.59. The molecule has 0 radical (unpaired) electrons. The predicted octanol–water partition coefficient (Wildman–Crippen LogP) is 2.04. The molecule has 1 aromatic heterocycles. The molecule has 1 unspecified atom stereocenters. The highest BCUT2D eigenvalue weighted by molar-refractivity contribution is 5.17. The normalized spacial score (nSPS) is 19.9. The lowest BCUT2D eigenvalue weighted by Gasteiger charge is -2.45. The molecule has 102 valence electrons. The lowest BCUT2D eigenvalue weighted by Crippen LogP contribution is -2.56. The Morgan fingerprint density at radius 2 is 2.11 bits per heavy atom. The van der Waals surface area contributed by atoms with E-state index >= 15 is 0 Å². The molecule has 1 aliphatic heterocycles. The van der Waals surface area contributed by atoms with Gasteiger partial charge in [0.25, 0.3) is 0 Å². The van der Waals surface area contributed by atoms with Crippen LogP contribution in [0, 0.1) is 0 Å². The Morgan fingerprint density at radius 1 is 1.39 bits per heavy atom. The van der Waals surface area contributed by atoms with Crippen LogP contribution in [0.4, 0.5) is 0 Å². The van der Waals surface area contributed by atoms with E-state index in [0.29, 0.717) is 0 Å². The lowest BCUT2D eigenvalue weighted by atomic mass is 9.87. The summed E-state index contributed by atoms with van der Waals surface area (Å²) >= 11 is 0. The van der Waals surface area contributed by atoms with Crippen LogP contribution < -0.4 is 5.32 Å². The fourth-order valence-electron chi connectivity index (χ4n) is 2.74. The number of morpholine rings is 1. The van der Waals surface area contributed by atoms with Gasteiger partial charge in [0.2, 0.25) is 0 Å². The van der Waals surface area contributed by atoms with Crippen LogP contribution in [0.2, 0.25) is 0 Å². The van der Waals surface area contributed by atoms with Gasteiger partial charge in [0.1, 0.15) is 0 Å². The second-order valence-corrected chi connectivity index (χ2v) is 5.30. The number of hydrogen-bond donors (Lipinski definition) is 1. The first-order chi connectivity index (χ1) is 8.66. The van der Waals surface area contributed by atoms with Crippen molar-refractivity contribution in [2.45, 2.75) is 32.4 Å². The van der Waals surface area contributed by atoms with Crippen LogP contribution in [0.1, 0.15) is 32.4 Å². The standard InChI is InChI=1S/C14H24N2O2/c1-4-15-13(12-5-8-18-11-12)14(2,3)16-6-9-17-10-7-16/h5,8,11,13,15H,4,6-7,9-10H2,1-3H3. The highest BCUT2D eigenvalue weighted by Gasteiger charge is 2.37. The molecule has 1 aliphatic rings. The van der Waals surface area contributed by atoms with E-state index in [0.717, 1.165) is 32.8 Å². The van der Waals surface area contributed by atoms with Crippen molar-refractivity contribution in [2.75, 3.05) is 32.8 Å². The van der Waals surface area contributed by atoms with Crippen molar-refractivity contribution in [3.8, 4) is 0 Å². The zero-order valence-electron chi connectivity index (χ0n) is 11.6. The first-order valence-electron chi connectivity index (χ1n) is 6.74. The Hall–Kier alpha value is -0.840. The summed E-state index contributed by atoms with van der Waals surface area (Å²) in [4.78, 5) is 2.50. The molecule has 1 saturated heterocycles. The number of nitrogens with one attached hydrogen (secondary N) is 1. The maximum absolute atomic E-state index is 5.44. The van der Waals surface area contributed by atoms with Gasteiger partial charge in [0.05, 0.1) is 31.8 Å². The average Bonchev–Trinajstić information content (AvgIpc) is 2.90. The minimum atomic E-state index is 0.0453. The topological polar surface area (TPSA) is 37.6 Å². The lowest BCUT2D eigenvalue weighted by molar-refractivity contribution is -0.0237. The van der Waals surface area contributed by atoms with Gasteiger partial charge in [-0.2, -0.15) is 0 Å². The second-order valence-electron chi connectivity index (χ2n) is 5.30. The highest BCUT2D eigenvalue weighted by Crippen LogP contribution is 2.31. The largest absolute Gasteiger partial charge is 0.472 e. The van der Waals surface area contributed by atoms with Gasteiger partial charge in [-0.05, 0) is 26.5 Å².